The minimum atomic E-state index is -0.859. The van der Waals surface area contributed by atoms with Crippen molar-refractivity contribution >= 4 is 33.4 Å². The van der Waals surface area contributed by atoms with Crippen LogP contribution in [0.25, 0.3) is 11.3 Å². The third kappa shape index (κ3) is 2.75. The Hall–Kier alpha value is -1.40. The molecule has 0 radical (unpaired) electrons. The Bertz CT molecular complexity index is 751. The van der Waals surface area contributed by atoms with Crippen molar-refractivity contribution in [1.82, 2.24) is 9.88 Å². The first kappa shape index (κ1) is 17.4. The van der Waals surface area contributed by atoms with Crippen molar-refractivity contribution in [2.24, 2.45) is 5.41 Å². The second-order valence-corrected chi connectivity index (χ2v) is 8.97. The van der Waals surface area contributed by atoms with Crippen molar-refractivity contribution in [1.29, 1.82) is 0 Å². The van der Waals surface area contributed by atoms with Gasteiger partial charge in [0.2, 0.25) is 0 Å². The molecule has 1 aliphatic heterocycles. The summed E-state index contributed by atoms with van der Waals surface area (Å²) in [6.07, 6.45) is 0.829. The van der Waals surface area contributed by atoms with E-state index < -0.39 is 11.6 Å². The van der Waals surface area contributed by atoms with Gasteiger partial charge in [0.15, 0.2) is 0 Å². The Balaban J connectivity index is 2.07. The van der Waals surface area contributed by atoms with E-state index in [0.29, 0.717) is 6.54 Å². The average Bonchev–Trinajstić information content (AvgIpc) is 3.14. The smallest absolute Gasteiger partial charge is 0.408 e. The van der Waals surface area contributed by atoms with E-state index in [4.69, 9.17) is 4.98 Å². The van der Waals surface area contributed by atoms with Gasteiger partial charge in [-0.1, -0.05) is 48.8 Å². The molecule has 0 saturated carbocycles. The van der Waals surface area contributed by atoms with Gasteiger partial charge in [0.25, 0.3) is 0 Å². The Labute approximate surface area is 154 Å². The summed E-state index contributed by atoms with van der Waals surface area (Å²) in [5.41, 5.74) is 1.17. The third-order valence-corrected chi connectivity index (χ3v) is 6.37. The second kappa shape index (κ2) is 6.15. The lowest BCUT2D eigenvalue weighted by atomic mass is 9.72. The fourth-order valence-electron chi connectivity index (χ4n) is 3.62. The van der Waals surface area contributed by atoms with E-state index in [9.17, 15) is 9.90 Å². The molecule has 1 unspecified atom stereocenters. The Kier molecular flexibility index (Phi) is 4.47. The van der Waals surface area contributed by atoms with Crippen LogP contribution in [0.4, 0.5) is 4.79 Å². The molecule has 0 bridgehead atoms. The summed E-state index contributed by atoms with van der Waals surface area (Å²) in [5, 5.41) is 12.7. The number of carboxylic acid groups (broad SMARTS) is 1. The maximum absolute atomic E-state index is 11.8. The van der Waals surface area contributed by atoms with Crippen LogP contribution in [0, 0.1) is 5.41 Å². The standard InChI is InChI=1S/C18H21BrN2O2S/c1-17(2,3)18(9-4-10-21(18)16(22)23)15-20-14(11-24-15)12-5-7-13(19)8-6-12/h5-8,11H,4,9-10H2,1-3H3,(H,22,23). The van der Waals surface area contributed by atoms with Crippen LogP contribution in [0.3, 0.4) is 0 Å². The van der Waals surface area contributed by atoms with Crippen molar-refractivity contribution in [3.8, 4) is 11.3 Å². The van der Waals surface area contributed by atoms with Crippen LogP contribution < -0.4 is 0 Å². The topological polar surface area (TPSA) is 53.4 Å². The zero-order valence-corrected chi connectivity index (χ0v) is 16.4. The summed E-state index contributed by atoms with van der Waals surface area (Å²) >= 11 is 5.01. The lowest BCUT2D eigenvalue weighted by Gasteiger charge is -2.45. The van der Waals surface area contributed by atoms with Crippen molar-refractivity contribution < 1.29 is 9.90 Å². The minimum Gasteiger partial charge on any atom is -0.465 e. The number of benzene rings is 1. The molecule has 1 N–H and O–H groups in total. The lowest BCUT2D eigenvalue weighted by molar-refractivity contribution is 0.0275. The predicted molar refractivity (Wildman–Crippen MR) is 100 cm³/mol. The number of hydrogen-bond acceptors (Lipinski definition) is 3. The van der Waals surface area contributed by atoms with Gasteiger partial charge >= 0.3 is 6.09 Å². The molecular formula is C18H21BrN2O2S. The molecule has 6 heteroatoms. The molecule has 128 valence electrons. The van der Waals surface area contributed by atoms with Crippen molar-refractivity contribution in [2.75, 3.05) is 6.54 Å². The average molecular weight is 409 g/mol. The first-order valence-corrected chi connectivity index (χ1v) is 9.65. The molecule has 0 aliphatic carbocycles. The normalized spacial score (nSPS) is 21.2. The highest BCUT2D eigenvalue weighted by atomic mass is 79.9. The highest BCUT2D eigenvalue weighted by Crippen LogP contribution is 2.52. The van der Waals surface area contributed by atoms with Gasteiger partial charge < -0.3 is 5.11 Å². The molecule has 1 aromatic heterocycles. The molecule has 1 saturated heterocycles. The molecule has 1 atom stereocenters. The number of nitrogens with zero attached hydrogens (tertiary/aromatic N) is 2. The molecule has 3 rings (SSSR count). The number of thiazole rings is 1. The largest absolute Gasteiger partial charge is 0.465 e. The fourth-order valence-corrected chi connectivity index (χ4v) is 5.16. The van der Waals surface area contributed by atoms with Crippen LogP contribution in [-0.4, -0.2) is 27.6 Å². The highest BCUT2D eigenvalue weighted by Gasteiger charge is 2.55. The van der Waals surface area contributed by atoms with Gasteiger partial charge in [-0.15, -0.1) is 11.3 Å². The molecule has 4 nitrogen and oxygen atoms in total. The third-order valence-electron chi connectivity index (χ3n) is 4.85. The molecule has 1 amide bonds. The summed E-state index contributed by atoms with van der Waals surface area (Å²) < 4.78 is 1.03. The van der Waals surface area contributed by atoms with E-state index in [-0.39, 0.29) is 5.41 Å². The molecule has 24 heavy (non-hydrogen) atoms. The molecule has 1 aromatic carbocycles. The van der Waals surface area contributed by atoms with E-state index >= 15 is 0 Å². The number of rotatable bonds is 2. The molecule has 1 aliphatic rings. The monoisotopic (exact) mass is 408 g/mol. The predicted octanol–water partition coefficient (Wildman–Crippen LogP) is 5.59. The van der Waals surface area contributed by atoms with Gasteiger partial charge in [-0.2, -0.15) is 0 Å². The van der Waals surface area contributed by atoms with Crippen LogP contribution in [0.1, 0.15) is 38.6 Å². The minimum absolute atomic E-state index is 0.225. The first-order chi connectivity index (χ1) is 11.3. The fraction of sp³-hybridized carbons (Fsp3) is 0.444. The molecule has 2 heterocycles. The van der Waals surface area contributed by atoms with Gasteiger partial charge in [0.05, 0.1) is 5.69 Å². The van der Waals surface area contributed by atoms with E-state index in [0.717, 1.165) is 33.6 Å². The molecule has 2 aromatic rings. The summed E-state index contributed by atoms with van der Waals surface area (Å²) in [7, 11) is 0. The Morgan fingerprint density at radius 3 is 2.58 bits per heavy atom. The van der Waals surface area contributed by atoms with Crippen LogP contribution in [0.2, 0.25) is 0 Å². The van der Waals surface area contributed by atoms with Crippen LogP contribution in [0.5, 0.6) is 0 Å². The summed E-state index contributed by atoms with van der Waals surface area (Å²) in [4.78, 5) is 18.3. The van der Waals surface area contributed by atoms with Gasteiger partial charge in [-0.3, -0.25) is 4.90 Å². The van der Waals surface area contributed by atoms with E-state index in [1.165, 1.54) is 0 Å². The zero-order valence-electron chi connectivity index (χ0n) is 14.0. The van der Waals surface area contributed by atoms with Crippen LogP contribution in [0.15, 0.2) is 34.1 Å². The van der Waals surface area contributed by atoms with Crippen LogP contribution >= 0.6 is 27.3 Å². The number of hydrogen-bond donors (Lipinski definition) is 1. The van der Waals surface area contributed by atoms with Gasteiger partial charge in [0, 0.05) is 22.0 Å². The summed E-state index contributed by atoms with van der Waals surface area (Å²) in [6, 6.07) is 8.03. The molecular weight excluding hydrogens is 388 g/mol. The quantitative estimate of drug-likeness (QED) is 0.704. The summed E-state index contributed by atoms with van der Waals surface area (Å²) in [5.74, 6) is 0. The maximum atomic E-state index is 11.8. The molecule has 0 spiro atoms. The first-order valence-electron chi connectivity index (χ1n) is 7.98. The second-order valence-electron chi connectivity index (χ2n) is 7.19. The lowest BCUT2D eigenvalue weighted by Crippen LogP contribution is -2.52. The zero-order chi connectivity index (χ0) is 17.5. The number of halogens is 1. The number of likely N-dealkylation sites (tertiary alicyclic amines) is 1. The Morgan fingerprint density at radius 2 is 2.00 bits per heavy atom. The van der Waals surface area contributed by atoms with Crippen molar-refractivity contribution in [2.45, 2.75) is 39.2 Å². The number of amides is 1. The van der Waals surface area contributed by atoms with Gasteiger partial charge in [-0.25, -0.2) is 9.78 Å². The van der Waals surface area contributed by atoms with Gasteiger partial charge in [-0.05, 0) is 30.4 Å². The van der Waals surface area contributed by atoms with E-state index in [2.05, 4.69) is 36.7 Å². The highest BCUT2D eigenvalue weighted by molar-refractivity contribution is 9.10. The maximum Gasteiger partial charge on any atom is 0.408 e. The van der Waals surface area contributed by atoms with Crippen molar-refractivity contribution in [3.63, 3.8) is 0 Å². The summed E-state index contributed by atoms with van der Waals surface area (Å²) in [6.45, 7) is 6.89. The van der Waals surface area contributed by atoms with Crippen molar-refractivity contribution in [3.05, 3.63) is 39.1 Å². The van der Waals surface area contributed by atoms with Crippen LogP contribution in [-0.2, 0) is 5.54 Å². The van der Waals surface area contributed by atoms with E-state index in [1.54, 1.807) is 16.2 Å². The SMILES string of the molecule is CC(C)(C)C1(c2nc(-c3ccc(Br)cc3)cs2)CCCN1C(=O)O. The number of aromatic nitrogens is 1. The van der Waals surface area contributed by atoms with E-state index in [1.807, 2.05) is 29.6 Å². The number of carbonyl (C=O) groups is 1. The molecule has 1 fully saturated rings. The van der Waals surface area contributed by atoms with Gasteiger partial charge in [0.1, 0.15) is 10.5 Å². The Morgan fingerprint density at radius 1 is 1.33 bits per heavy atom.